The van der Waals surface area contributed by atoms with E-state index in [-0.39, 0.29) is 5.41 Å². The molecule has 2 saturated carbocycles. The first-order valence-corrected chi connectivity index (χ1v) is 7.61. The normalized spacial score (nSPS) is 21.5. The van der Waals surface area contributed by atoms with Crippen LogP contribution in [0.5, 0.6) is 5.75 Å². The quantitative estimate of drug-likeness (QED) is 0.921. The van der Waals surface area contributed by atoms with E-state index >= 15 is 0 Å². The summed E-state index contributed by atoms with van der Waals surface area (Å²) in [5.74, 6) is 1.05. The van der Waals surface area contributed by atoms with E-state index in [2.05, 4.69) is 35.0 Å². The molecule has 2 aliphatic carbocycles. The number of nitrogens with two attached hydrogens (primary N) is 1. The fourth-order valence-electron chi connectivity index (χ4n) is 2.78. The Balaban J connectivity index is 2.04. The molecule has 0 radical (unpaired) electrons. The van der Waals surface area contributed by atoms with Gasteiger partial charge in [-0.3, -0.25) is 0 Å². The summed E-state index contributed by atoms with van der Waals surface area (Å²) in [5.41, 5.74) is 8.82. The molecule has 0 aromatic heterocycles. The van der Waals surface area contributed by atoms with Crippen molar-refractivity contribution in [2.75, 3.05) is 6.54 Å². The van der Waals surface area contributed by atoms with E-state index in [9.17, 15) is 0 Å². The molecule has 1 aromatic rings. The van der Waals surface area contributed by atoms with E-state index < -0.39 is 0 Å². The van der Waals surface area contributed by atoms with Gasteiger partial charge in [0.2, 0.25) is 0 Å². The van der Waals surface area contributed by atoms with Crippen molar-refractivity contribution in [2.45, 2.75) is 50.5 Å². The average molecular weight is 310 g/mol. The van der Waals surface area contributed by atoms with Crippen LogP contribution in [0.4, 0.5) is 0 Å². The maximum absolute atomic E-state index is 6.12. The predicted molar refractivity (Wildman–Crippen MR) is 77.1 cm³/mol. The summed E-state index contributed by atoms with van der Waals surface area (Å²) in [6.45, 7) is 2.86. The lowest BCUT2D eigenvalue weighted by Crippen LogP contribution is -2.42. The van der Waals surface area contributed by atoms with Crippen LogP contribution in [0.3, 0.4) is 0 Å². The van der Waals surface area contributed by atoms with Gasteiger partial charge in [0.25, 0.3) is 0 Å². The van der Waals surface area contributed by atoms with Crippen LogP contribution in [-0.4, -0.2) is 12.6 Å². The lowest BCUT2D eigenvalue weighted by Gasteiger charge is -2.42. The molecule has 0 amide bonds. The fourth-order valence-corrected chi connectivity index (χ4v) is 3.45. The van der Waals surface area contributed by atoms with Crippen molar-refractivity contribution in [1.82, 2.24) is 0 Å². The molecule has 0 atom stereocenters. The highest BCUT2D eigenvalue weighted by molar-refractivity contribution is 9.10. The van der Waals surface area contributed by atoms with Crippen LogP contribution < -0.4 is 10.5 Å². The Morgan fingerprint density at radius 3 is 2.61 bits per heavy atom. The zero-order valence-electron chi connectivity index (χ0n) is 10.8. The number of benzene rings is 1. The molecular weight excluding hydrogens is 290 g/mol. The van der Waals surface area contributed by atoms with Crippen molar-refractivity contribution >= 4 is 15.9 Å². The van der Waals surface area contributed by atoms with Crippen LogP contribution in [0.1, 0.15) is 43.2 Å². The summed E-state index contributed by atoms with van der Waals surface area (Å²) in [4.78, 5) is 0. The van der Waals surface area contributed by atoms with Gasteiger partial charge in [0.1, 0.15) is 5.75 Å². The first kappa shape index (κ1) is 12.5. The summed E-state index contributed by atoms with van der Waals surface area (Å²) < 4.78 is 7.21. The molecule has 0 heterocycles. The molecule has 0 bridgehead atoms. The van der Waals surface area contributed by atoms with Gasteiger partial charge in [0, 0.05) is 17.5 Å². The van der Waals surface area contributed by atoms with Crippen molar-refractivity contribution in [1.29, 1.82) is 0 Å². The van der Waals surface area contributed by atoms with Gasteiger partial charge in [-0.15, -0.1) is 0 Å². The maximum atomic E-state index is 6.12. The van der Waals surface area contributed by atoms with Crippen LogP contribution in [0, 0.1) is 6.92 Å². The number of aryl methyl sites for hydroxylation is 1. The Labute approximate surface area is 117 Å². The van der Waals surface area contributed by atoms with E-state index in [1.165, 1.54) is 43.2 Å². The van der Waals surface area contributed by atoms with Gasteiger partial charge in [0.15, 0.2) is 0 Å². The fraction of sp³-hybridized carbons (Fsp3) is 0.600. The molecule has 0 unspecified atom stereocenters. The van der Waals surface area contributed by atoms with Gasteiger partial charge in [-0.2, -0.15) is 0 Å². The van der Waals surface area contributed by atoms with E-state index in [4.69, 9.17) is 10.5 Å². The Kier molecular flexibility index (Phi) is 3.15. The Morgan fingerprint density at radius 2 is 2.11 bits per heavy atom. The monoisotopic (exact) mass is 309 g/mol. The molecule has 2 N–H and O–H groups in total. The molecule has 3 rings (SSSR count). The predicted octanol–water partition coefficient (Wildman–Crippen LogP) is 3.68. The zero-order chi connectivity index (χ0) is 12.8. The summed E-state index contributed by atoms with van der Waals surface area (Å²) in [6, 6.07) is 4.42. The highest BCUT2D eigenvalue weighted by Gasteiger charge is 2.41. The number of halogens is 1. The molecule has 98 valence electrons. The summed E-state index contributed by atoms with van der Waals surface area (Å²) in [5, 5.41) is 0. The topological polar surface area (TPSA) is 35.2 Å². The van der Waals surface area contributed by atoms with E-state index in [0.717, 1.165) is 16.8 Å². The van der Waals surface area contributed by atoms with E-state index in [1.807, 2.05) is 0 Å². The number of hydrogen-bond donors (Lipinski definition) is 1. The molecule has 1 aromatic carbocycles. The third-order valence-electron chi connectivity index (χ3n) is 4.27. The molecule has 2 aliphatic rings. The lowest BCUT2D eigenvalue weighted by molar-refractivity contribution is 0.230. The van der Waals surface area contributed by atoms with Crippen LogP contribution in [0.15, 0.2) is 16.6 Å². The smallest absolute Gasteiger partial charge is 0.137 e. The van der Waals surface area contributed by atoms with Crippen molar-refractivity contribution in [2.24, 2.45) is 5.73 Å². The third kappa shape index (κ3) is 2.08. The van der Waals surface area contributed by atoms with Crippen LogP contribution >= 0.6 is 15.9 Å². The van der Waals surface area contributed by atoms with Gasteiger partial charge in [-0.25, -0.2) is 0 Å². The molecule has 2 fully saturated rings. The van der Waals surface area contributed by atoms with Gasteiger partial charge >= 0.3 is 0 Å². The summed E-state index contributed by atoms with van der Waals surface area (Å²) in [7, 11) is 0. The highest BCUT2D eigenvalue weighted by Crippen LogP contribution is 2.49. The minimum absolute atomic E-state index is 0.165. The van der Waals surface area contributed by atoms with Crippen molar-refractivity contribution in [3.8, 4) is 5.75 Å². The standard InChI is InChI=1S/C15H20BrNO/c1-10-7-12(15(9-17)5-2-6-15)14(13(16)8-10)18-11-3-4-11/h7-8,11H,2-6,9,17H2,1H3. The van der Waals surface area contributed by atoms with Gasteiger partial charge < -0.3 is 10.5 Å². The SMILES string of the molecule is Cc1cc(Br)c(OC2CC2)c(C2(CN)CCC2)c1. The summed E-state index contributed by atoms with van der Waals surface area (Å²) >= 11 is 3.66. The molecule has 0 saturated heterocycles. The van der Waals surface area contributed by atoms with Gasteiger partial charge in [0.05, 0.1) is 10.6 Å². The Bertz CT molecular complexity index is 458. The molecule has 2 nitrogen and oxygen atoms in total. The largest absolute Gasteiger partial charge is 0.489 e. The van der Waals surface area contributed by atoms with Gasteiger partial charge in [-0.05, 0) is 60.2 Å². The van der Waals surface area contributed by atoms with Crippen LogP contribution in [-0.2, 0) is 5.41 Å². The lowest BCUT2D eigenvalue weighted by atomic mass is 9.64. The second kappa shape index (κ2) is 4.53. The molecular formula is C15H20BrNO. The van der Waals surface area contributed by atoms with Crippen LogP contribution in [0.25, 0.3) is 0 Å². The second-order valence-electron chi connectivity index (χ2n) is 5.78. The maximum Gasteiger partial charge on any atom is 0.137 e. The molecule has 18 heavy (non-hydrogen) atoms. The second-order valence-corrected chi connectivity index (χ2v) is 6.63. The highest BCUT2D eigenvalue weighted by atomic mass is 79.9. The number of rotatable bonds is 4. The Morgan fingerprint density at radius 1 is 1.39 bits per heavy atom. The summed E-state index contributed by atoms with van der Waals surface area (Å²) in [6.07, 6.45) is 6.48. The zero-order valence-corrected chi connectivity index (χ0v) is 12.4. The number of ether oxygens (including phenoxy) is 1. The third-order valence-corrected chi connectivity index (χ3v) is 4.86. The average Bonchev–Trinajstić information content (AvgIpc) is 3.06. The Hall–Kier alpha value is -0.540. The van der Waals surface area contributed by atoms with E-state index in [0.29, 0.717) is 6.10 Å². The molecule has 0 spiro atoms. The van der Waals surface area contributed by atoms with E-state index in [1.54, 1.807) is 0 Å². The van der Waals surface area contributed by atoms with Crippen molar-refractivity contribution in [3.63, 3.8) is 0 Å². The minimum Gasteiger partial charge on any atom is -0.489 e. The first-order valence-electron chi connectivity index (χ1n) is 6.82. The molecule has 0 aliphatic heterocycles. The van der Waals surface area contributed by atoms with Crippen molar-refractivity contribution in [3.05, 3.63) is 27.7 Å². The number of hydrogen-bond acceptors (Lipinski definition) is 2. The minimum atomic E-state index is 0.165. The molecule has 3 heteroatoms. The van der Waals surface area contributed by atoms with Crippen LogP contribution in [0.2, 0.25) is 0 Å². The first-order chi connectivity index (χ1) is 8.64. The van der Waals surface area contributed by atoms with Gasteiger partial charge in [-0.1, -0.05) is 12.5 Å². The van der Waals surface area contributed by atoms with Crippen molar-refractivity contribution < 1.29 is 4.74 Å².